The van der Waals surface area contributed by atoms with Gasteiger partial charge >= 0.3 is 0 Å². The molecule has 2 heterocycles. The van der Waals surface area contributed by atoms with Gasteiger partial charge in [0.05, 0.1) is 13.2 Å². The summed E-state index contributed by atoms with van der Waals surface area (Å²) >= 11 is 0. The molecule has 0 spiro atoms. The van der Waals surface area contributed by atoms with Crippen LogP contribution in [0.3, 0.4) is 0 Å². The molecule has 2 saturated heterocycles. The van der Waals surface area contributed by atoms with Crippen molar-refractivity contribution in [2.45, 2.75) is 51.4 Å². The average molecular weight is 551 g/mol. The van der Waals surface area contributed by atoms with Gasteiger partial charge in [-0.1, -0.05) is 36.4 Å². The Morgan fingerprint density at radius 3 is 1.32 bits per heavy atom. The van der Waals surface area contributed by atoms with Gasteiger partial charge in [0.2, 0.25) is 0 Å². The summed E-state index contributed by atoms with van der Waals surface area (Å²) in [7, 11) is 4.44. The van der Waals surface area contributed by atoms with Crippen LogP contribution in [0.1, 0.15) is 49.7 Å². The number of hydrogen-bond donors (Lipinski definition) is 0. The third kappa shape index (κ3) is 11.0. The Morgan fingerprint density at radius 2 is 0.900 bits per heavy atom. The van der Waals surface area contributed by atoms with E-state index in [9.17, 15) is 0 Å². The third-order valence-electron chi connectivity index (χ3n) is 8.53. The van der Waals surface area contributed by atoms with Gasteiger partial charge in [-0.3, -0.25) is 0 Å². The van der Waals surface area contributed by atoms with Crippen LogP contribution in [0.5, 0.6) is 11.5 Å². The van der Waals surface area contributed by atoms with Gasteiger partial charge in [0.15, 0.2) is 0 Å². The topological polar surface area (TPSA) is 31.4 Å². The lowest BCUT2D eigenvalue weighted by molar-refractivity contribution is 0.153. The van der Waals surface area contributed by atoms with E-state index in [0.717, 1.165) is 50.4 Å². The number of piperazine rings is 2. The zero-order valence-corrected chi connectivity index (χ0v) is 25.4. The van der Waals surface area contributed by atoms with Crippen molar-refractivity contribution in [3.05, 3.63) is 59.7 Å². The Morgan fingerprint density at radius 1 is 0.500 bits per heavy atom. The number of para-hydroxylation sites is 2. The highest BCUT2D eigenvalue weighted by Crippen LogP contribution is 2.22. The standard InChI is InChI=1S/C34H54N4O2/c1-35-21-25-37(26-22-35)19-11-15-31-13-5-7-17-33(31)39-29-9-3-4-10-30-40-34-18-8-6-14-32(34)16-12-20-38-27-23-36(2)24-28-38/h5-8,13-14,17-18H,3-4,9-12,15-16,19-30H2,1-2H3. The molecule has 0 bridgehead atoms. The summed E-state index contributed by atoms with van der Waals surface area (Å²) in [5, 5.41) is 0. The van der Waals surface area contributed by atoms with Crippen LogP contribution in [0.25, 0.3) is 0 Å². The highest BCUT2D eigenvalue weighted by molar-refractivity contribution is 5.34. The minimum Gasteiger partial charge on any atom is -0.493 e. The summed E-state index contributed by atoms with van der Waals surface area (Å²) < 4.78 is 12.4. The molecule has 6 nitrogen and oxygen atoms in total. The summed E-state index contributed by atoms with van der Waals surface area (Å²) in [5.74, 6) is 2.15. The van der Waals surface area contributed by atoms with Crippen molar-refractivity contribution in [1.29, 1.82) is 0 Å². The van der Waals surface area contributed by atoms with Crippen molar-refractivity contribution in [1.82, 2.24) is 19.6 Å². The van der Waals surface area contributed by atoms with Crippen molar-refractivity contribution < 1.29 is 9.47 Å². The largest absolute Gasteiger partial charge is 0.493 e. The smallest absolute Gasteiger partial charge is 0.122 e. The molecule has 0 unspecified atom stereocenters. The number of benzene rings is 2. The lowest BCUT2D eigenvalue weighted by Crippen LogP contribution is -2.44. The molecule has 2 aromatic rings. The first-order valence-corrected chi connectivity index (χ1v) is 15.9. The Labute approximate surface area is 244 Å². The molecule has 0 aromatic heterocycles. The summed E-state index contributed by atoms with van der Waals surface area (Å²) in [5.41, 5.74) is 2.71. The maximum absolute atomic E-state index is 6.21. The molecule has 0 aliphatic carbocycles. The van der Waals surface area contributed by atoms with Crippen LogP contribution in [0.2, 0.25) is 0 Å². The quantitative estimate of drug-likeness (QED) is 0.256. The molecule has 4 rings (SSSR count). The normalized spacial score (nSPS) is 17.8. The summed E-state index contributed by atoms with van der Waals surface area (Å²) in [6.07, 6.45) is 9.14. The van der Waals surface area contributed by atoms with E-state index < -0.39 is 0 Å². The van der Waals surface area contributed by atoms with Gasteiger partial charge in [-0.05, 0) is 102 Å². The van der Waals surface area contributed by atoms with E-state index in [2.05, 4.69) is 82.2 Å². The predicted molar refractivity (Wildman–Crippen MR) is 167 cm³/mol. The van der Waals surface area contributed by atoms with Gasteiger partial charge in [0, 0.05) is 52.4 Å². The van der Waals surface area contributed by atoms with Gasteiger partial charge in [-0.15, -0.1) is 0 Å². The summed E-state index contributed by atoms with van der Waals surface area (Å²) in [4.78, 5) is 10.0. The lowest BCUT2D eigenvalue weighted by atomic mass is 10.1. The predicted octanol–water partition coefficient (Wildman–Crippen LogP) is 5.06. The first-order valence-electron chi connectivity index (χ1n) is 15.9. The first-order chi connectivity index (χ1) is 19.7. The van der Waals surface area contributed by atoms with Crippen molar-refractivity contribution in [3.63, 3.8) is 0 Å². The van der Waals surface area contributed by atoms with Gasteiger partial charge in [0.25, 0.3) is 0 Å². The second-order valence-electron chi connectivity index (χ2n) is 11.8. The molecule has 2 aliphatic rings. The second-order valence-corrected chi connectivity index (χ2v) is 11.8. The van der Waals surface area contributed by atoms with Gasteiger partial charge in [-0.25, -0.2) is 0 Å². The van der Waals surface area contributed by atoms with Crippen LogP contribution in [0.15, 0.2) is 48.5 Å². The minimum atomic E-state index is 0.798. The zero-order valence-electron chi connectivity index (χ0n) is 25.4. The van der Waals surface area contributed by atoms with Crippen molar-refractivity contribution in [2.24, 2.45) is 0 Å². The van der Waals surface area contributed by atoms with Gasteiger partial charge < -0.3 is 29.1 Å². The van der Waals surface area contributed by atoms with Crippen LogP contribution in [0, 0.1) is 0 Å². The van der Waals surface area contributed by atoms with Crippen molar-refractivity contribution >= 4 is 0 Å². The summed E-state index contributed by atoms with van der Waals surface area (Å²) in [6.45, 7) is 13.5. The SMILES string of the molecule is CN1CCN(CCCc2ccccc2OCCCCCCOc2ccccc2CCCN2CCN(C)CC2)CC1. The fraction of sp³-hybridized carbons (Fsp3) is 0.647. The fourth-order valence-electron chi connectivity index (χ4n) is 5.75. The summed E-state index contributed by atoms with van der Waals surface area (Å²) in [6, 6.07) is 17.2. The Balaban J connectivity index is 1.05. The first kappa shape index (κ1) is 30.8. The van der Waals surface area contributed by atoms with Crippen molar-refractivity contribution in [2.75, 3.05) is 92.8 Å². The van der Waals surface area contributed by atoms with E-state index in [1.165, 1.54) is 102 Å². The van der Waals surface area contributed by atoms with E-state index >= 15 is 0 Å². The number of ether oxygens (including phenoxy) is 2. The van der Waals surface area contributed by atoms with Crippen molar-refractivity contribution in [3.8, 4) is 11.5 Å². The Kier molecular flexibility index (Phi) is 13.6. The molecule has 0 N–H and O–H groups in total. The van der Waals surface area contributed by atoms with E-state index in [-0.39, 0.29) is 0 Å². The zero-order chi connectivity index (χ0) is 27.8. The molecule has 2 fully saturated rings. The lowest BCUT2D eigenvalue weighted by Gasteiger charge is -2.32. The number of nitrogens with zero attached hydrogens (tertiary/aromatic N) is 4. The molecule has 0 atom stereocenters. The third-order valence-corrected chi connectivity index (χ3v) is 8.53. The molecule has 2 aliphatic heterocycles. The molecular formula is C34H54N4O2. The number of likely N-dealkylation sites (N-methyl/N-ethyl adjacent to an activating group) is 2. The highest BCUT2D eigenvalue weighted by Gasteiger charge is 2.14. The number of aryl methyl sites for hydroxylation is 2. The highest BCUT2D eigenvalue weighted by atomic mass is 16.5. The molecule has 40 heavy (non-hydrogen) atoms. The van der Waals surface area contributed by atoms with E-state index in [1.54, 1.807) is 0 Å². The molecule has 2 aromatic carbocycles. The van der Waals surface area contributed by atoms with Crippen LogP contribution in [-0.4, -0.2) is 112 Å². The molecular weight excluding hydrogens is 496 g/mol. The molecule has 0 saturated carbocycles. The Bertz CT molecular complexity index is 877. The van der Waals surface area contributed by atoms with Gasteiger partial charge in [-0.2, -0.15) is 0 Å². The van der Waals surface area contributed by atoms with Crippen LogP contribution >= 0.6 is 0 Å². The van der Waals surface area contributed by atoms with Crippen LogP contribution in [-0.2, 0) is 12.8 Å². The molecule has 6 heteroatoms. The average Bonchev–Trinajstić information content (AvgIpc) is 2.98. The maximum Gasteiger partial charge on any atom is 0.122 e. The van der Waals surface area contributed by atoms with E-state index in [4.69, 9.17) is 9.47 Å². The van der Waals surface area contributed by atoms with E-state index in [1.807, 2.05) is 0 Å². The minimum absolute atomic E-state index is 0.798. The van der Waals surface area contributed by atoms with Crippen LogP contribution in [0.4, 0.5) is 0 Å². The van der Waals surface area contributed by atoms with Gasteiger partial charge in [0.1, 0.15) is 11.5 Å². The van der Waals surface area contributed by atoms with E-state index in [0.29, 0.717) is 0 Å². The monoisotopic (exact) mass is 550 g/mol. The molecule has 222 valence electrons. The fourth-order valence-corrected chi connectivity index (χ4v) is 5.75. The Hall–Kier alpha value is -2.12. The van der Waals surface area contributed by atoms with Crippen LogP contribution < -0.4 is 9.47 Å². The molecule has 0 amide bonds. The second kappa shape index (κ2) is 17.6. The maximum atomic E-state index is 6.21. The number of hydrogen-bond acceptors (Lipinski definition) is 6. The number of unbranched alkanes of at least 4 members (excludes halogenated alkanes) is 3. The number of rotatable bonds is 17. The molecule has 0 radical (unpaired) electrons.